The van der Waals surface area contributed by atoms with Gasteiger partial charge in [0.05, 0.1) is 6.07 Å². The molecule has 1 fully saturated rings. The number of carbonyl (C=O) groups excluding carboxylic acids is 3. The minimum absolute atomic E-state index is 0.109. The van der Waals surface area contributed by atoms with Gasteiger partial charge in [-0.2, -0.15) is 5.26 Å². The number of nitrogens with one attached hydrogen (secondary N) is 2. The largest absolute Gasteiger partial charge is 0.341 e. The SMILES string of the molecule is N#CCNC(=O)CN1CC(=O)NC1=O. The molecule has 0 aromatic carbocycles. The number of hydrogen-bond donors (Lipinski definition) is 2. The zero-order valence-electron chi connectivity index (χ0n) is 7.24. The molecule has 0 spiro atoms. The van der Waals surface area contributed by atoms with Crippen LogP contribution in [0, 0.1) is 11.3 Å². The molecule has 7 heteroatoms. The summed E-state index contributed by atoms with van der Waals surface area (Å²) in [6, 6.07) is 1.14. The summed E-state index contributed by atoms with van der Waals surface area (Å²) in [4.78, 5) is 33.7. The summed E-state index contributed by atoms with van der Waals surface area (Å²) in [7, 11) is 0. The molecule has 1 aliphatic heterocycles. The summed E-state index contributed by atoms with van der Waals surface area (Å²) in [5, 5.41) is 12.5. The van der Waals surface area contributed by atoms with Crippen LogP contribution in [-0.4, -0.2) is 42.4 Å². The van der Waals surface area contributed by atoms with E-state index in [-0.39, 0.29) is 19.6 Å². The first-order valence-corrected chi connectivity index (χ1v) is 3.86. The molecular weight excluding hydrogens is 188 g/mol. The molecule has 1 saturated heterocycles. The van der Waals surface area contributed by atoms with Crippen molar-refractivity contribution in [3.8, 4) is 6.07 Å². The monoisotopic (exact) mass is 196 g/mol. The van der Waals surface area contributed by atoms with Gasteiger partial charge in [-0.15, -0.1) is 0 Å². The van der Waals surface area contributed by atoms with Crippen LogP contribution in [-0.2, 0) is 9.59 Å². The Bertz CT molecular complexity index is 319. The normalized spacial score (nSPS) is 14.9. The van der Waals surface area contributed by atoms with Gasteiger partial charge < -0.3 is 10.2 Å². The van der Waals surface area contributed by atoms with Gasteiger partial charge in [-0.25, -0.2) is 4.79 Å². The molecule has 74 valence electrons. The Labute approximate surface area is 79.7 Å². The van der Waals surface area contributed by atoms with E-state index in [1.165, 1.54) is 0 Å². The van der Waals surface area contributed by atoms with Crippen molar-refractivity contribution >= 4 is 17.8 Å². The van der Waals surface area contributed by atoms with Gasteiger partial charge in [-0.3, -0.25) is 14.9 Å². The topological polar surface area (TPSA) is 102 Å². The van der Waals surface area contributed by atoms with E-state index in [9.17, 15) is 14.4 Å². The summed E-state index contributed by atoms with van der Waals surface area (Å²) >= 11 is 0. The number of carbonyl (C=O) groups is 3. The maximum atomic E-state index is 11.0. The van der Waals surface area contributed by atoms with E-state index in [4.69, 9.17) is 5.26 Å². The van der Waals surface area contributed by atoms with Crippen molar-refractivity contribution in [3.05, 3.63) is 0 Å². The molecular formula is C7H8N4O3. The number of rotatable bonds is 3. The predicted molar refractivity (Wildman–Crippen MR) is 43.7 cm³/mol. The lowest BCUT2D eigenvalue weighted by atomic mass is 10.5. The van der Waals surface area contributed by atoms with Gasteiger partial charge in [0.25, 0.3) is 0 Å². The Kier molecular flexibility index (Phi) is 3.01. The van der Waals surface area contributed by atoms with E-state index in [2.05, 4.69) is 5.32 Å². The molecule has 2 N–H and O–H groups in total. The van der Waals surface area contributed by atoms with Crippen LogP contribution in [0.2, 0.25) is 0 Å². The van der Waals surface area contributed by atoms with Gasteiger partial charge in [-0.1, -0.05) is 0 Å². The van der Waals surface area contributed by atoms with E-state index < -0.39 is 17.8 Å². The molecule has 0 aromatic rings. The highest BCUT2D eigenvalue weighted by Gasteiger charge is 2.27. The highest BCUT2D eigenvalue weighted by molar-refractivity contribution is 6.03. The fourth-order valence-corrected chi connectivity index (χ4v) is 0.978. The smallest absolute Gasteiger partial charge is 0.325 e. The van der Waals surface area contributed by atoms with E-state index in [1.807, 2.05) is 5.32 Å². The minimum atomic E-state index is -0.581. The van der Waals surface area contributed by atoms with Gasteiger partial charge in [-0.05, 0) is 0 Å². The third-order valence-corrected chi connectivity index (χ3v) is 1.57. The van der Waals surface area contributed by atoms with Crippen molar-refractivity contribution in [1.29, 1.82) is 5.26 Å². The molecule has 14 heavy (non-hydrogen) atoms. The Morgan fingerprint density at radius 1 is 1.64 bits per heavy atom. The molecule has 1 heterocycles. The van der Waals surface area contributed by atoms with Gasteiger partial charge in [0.15, 0.2) is 0 Å². The quantitative estimate of drug-likeness (QED) is 0.409. The number of hydrogen-bond acceptors (Lipinski definition) is 4. The van der Waals surface area contributed by atoms with E-state index in [0.717, 1.165) is 4.90 Å². The van der Waals surface area contributed by atoms with Crippen LogP contribution in [0.1, 0.15) is 0 Å². The molecule has 0 bridgehead atoms. The zero-order chi connectivity index (χ0) is 10.6. The number of urea groups is 1. The fourth-order valence-electron chi connectivity index (χ4n) is 0.978. The van der Waals surface area contributed by atoms with Crippen LogP contribution >= 0.6 is 0 Å². The standard InChI is InChI=1S/C7H8N4O3/c8-1-2-9-5(12)3-11-4-6(13)10-7(11)14/h2-4H2,(H,9,12)(H,10,13,14). The molecule has 0 aliphatic carbocycles. The summed E-state index contributed by atoms with van der Waals surface area (Å²) in [5.74, 6) is -0.889. The van der Waals surface area contributed by atoms with E-state index in [1.54, 1.807) is 6.07 Å². The van der Waals surface area contributed by atoms with Crippen LogP contribution in [0.25, 0.3) is 0 Å². The molecule has 1 aliphatic rings. The van der Waals surface area contributed by atoms with Gasteiger partial charge >= 0.3 is 6.03 Å². The first-order chi connectivity index (χ1) is 6.63. The molecule has 0 atom stereocenters. The van der Waals surface area contributed by atoms with Crippen LogP contribution < -0.4 is 10.6 Å². The summed E-state index contributed by atoms with van der Waals surface area (Å²) in [6.45, 7) is -0.430. The maximum absolute atomic E-state index is 11.0. The second-order valence-corrected chi connectivity index (χ2v) is 2.64. The Balaban J connectivity index is 2.38. The average molecular weight is 196 g/mol. The maximum Gasteiger partial charge on any atom is 0.325 e. The Hall–Kier alpha value is -2.10. The van der Waals surface area contributed by atoms with Crippen molar-refractivity contribution in [2.75, 3.05) is 19.6 Å². The van der Waals surface area contributed by atoms with Crippen LogP contribution in [0.15, 0.2) is 0 Å². The molecule has 0 saturated carbocycles. The number of amides is 4. The Morgan fingerprint density at radius 2 is 2.36 bits per heavy atom. The fraction of sp³-hybridized carbons (Fsp3) is 0.429. The van der Waals surface area contributed by atoms with Crippen LogP contribution in [0.4, 0.5) is 4.79 Å². The third-order valence-electron chi connectivity index (χ3n) is 1.57. The number of imide groups is 1. The molecule has 1 rings (SSSR count). The minimum Gasteiger partial charge on any atom is -0.341 e. The van der Waals surface area contributed by atoms with E-state index in [0.29, 0.717) is 0 Å². The van der Waals surface area contributed by atoms with E-state index >= 15 is 0 Å². The summed E-state index contributed by atoms with van der Waals surface area (Å²) < 4.78 is 0. The Morgan fingerprint density at radius 3 is 2.86 bits per heavy atom. The molecule has 0 radical (unpaired) electrons. The summed E-state index contributed by atoms with van der Waals surface area (Å²) in [5.41, 5.74) is 0. The van der Waals surface area contributed by atoms with Gasteiger partial charge in [0.2, 0.25) is 11.8 Å². The lowest BCUT2D eigenvalue weighted by molar-refractivity contribution is -0.121. The highest BCUT2D eigenvalue weighted by atomic mass is 16.2. The van der Waals surface area contributed by atoms with Crippen molar-refractivity contribution in [3.63, 3.8) is 0 Å². The lowest BCUT2D eigenvalue weighted by Gasteiger charge is -2.11. The van der Waals surface area contributed by atoms with Gasteiger partial charge in [0, 0.05) is 0 Å². The predicted octanol–water partition coefficient (Wildman–Crippen LogP) is -1.82. The molecule has 7 nitrogen and oxygen atoms in total. The van der Waals surface area contributed by atoms with Crippen molar-refractivity contribution in [2.24, 2.45) is 0 Å². The lowest BCUT2D eigenvalue weighted by Crippen LogP contribution is -2.39. The van der Waals surface area contributed by atoms with Gasteiger partial charge in [0.1, 0.15) is 19.6 Å². The van der Waals surface area contributed by atoms with Crippen LogP contribution in [0.5, 0.6) is 0 Å². The van der Waals surface area contributed by atoms with Crippen LogP contribution in [0.3, 0.4) is 0 Å². The van der Waals surface area contributed by atoms with Crippen molar-refractivity contribution in [2.45, 2.75) is 0 Å². The summed E-state index contributed by atoms with van der Waals surface area (Å²) in [6.07, 6.45) is 0. The van der Waals surface area contributed by atoms with Crippen molar-refractivity contribution in [1.82, 2.24) is 15.5 Å². The molecule has 0 unspecified atom stereocenters. The third kappa shape index (κ3) is 2.45. The number of nitrogens with zero attached hydrogens (tertiary/aromatic N) is 2. The second kappa shape index (κ2) is 4.23. The first kappa shape index (κ1) is 9.98. The molecule has 4 amide bonds. The highest BCUT2D eigenvalue weighted by Crippen LogP contribution is 1.96. The first-order valence-electron chi connectivity index (χ1n) is 3.86. The second-order valence-electron chi connectivity index (χ2n) is 2.64. The molecule has 0 aromatic heterocycles. The van der Waals surface area contributed by atoms with Crippen molar-refractivity contribution < 1.29 is 14.4 Å². The number of nitriles is 1. The zero-order valence-corrected chi connectivity index (χ0v) is 7.24. The average Bonchev–Trinajstić information content (AvgIpc) is 2.42.